The molecule has 0 aromatic heterocycles. The topological polar surface area (TPSA) is 37.3 Å². The molecule has 0 aliphatic rings. The number of hydrogen-bond acceptors (Lipinski definition) is 2. The molecule has 1 aromatic rings. The zero-order valence-corrected chi connectivity index (χ0v) is 8.21. The lowest BCUT2D eigenvalue weighted by molar-refractivity contribution is 0.0725. The van der Waals surface area contributed by atoms with Crippen LogP contribution in [0.3, 0.4) is 0 Å². The van der Waals surface area contributed by atoms with Crippen LogP contribution in [0.4, 0.5) is 0 Å². The summed E-state index contributed by atoms with van der Waals surface area (Å²) >= 11 is 2.89. The Kier molecular flexibility index (Phi) is 2.65. The summed E-state index contributed by atoms with van der Waals surface area (Å²) in [5, 5.41) is 9.31. The molecule has 1 unspecified atom stereocenters. The summed E-state index contributed by atoms with van der Waals surface area (Å²) in [7, 11) is 0. The average Bonchev–Trinajstić information content (AvgIpc) is 2.03. The third-order valence-electron chi connectivity index (χ3n) is 1.45. The zero-order valence-electron chi connectivity index (χ0n) is 6.62. The Labute approximate surface area is 79.3 Å². The van der Waals surface area contributed by atoms with E-state index in [2.05, 4.69) is 15.9 Å². The molecule has 1 rings (SSSR count). The van der Waals surface area contributed by atoms with E-state index < -0.39 is 4.51 Å². The third kappa shape index (κ3) is 2.16. The lowest BCUT2D eigenvalue weighted by Gasteiger charge is -2.12. The summed E-state index contributed by atoms with van der Waals surface area (Å²) in [6.45, 7) is 1.41. The summed E-state index contributed by atoms with van der Waals surface area (Å²) in [5.74, 6) is -0.330. The van der Waals surface area contributed by atoms with Crippen molar-refractivity contribution in [1.29, 1.82) is 0 Å². The standard InChI is InChI=1S/C9H9BrO2/c1-9(10,12)8(11)7-5-3-2-4-6-7/h2-6,12H,1H3. The maximum absolute atomic E-state index is 11.4. The Bertz CT molecular complexity index is 274. The number of ketones is 1. The minimum atomic E-state index is -1.46. The predicted molar refractivity (Wildman–Crippen MR) is 50.3 cm³/mol. The Hall–Kier alpha value is -0.670. The molecule has 12 heavy (non-hydrogen) atoms. The highest BCUT2D eigenvalue weighted by molar-refractivity contribution is 9.10. The summed E-state index contributed by atoms with van der Waals surface area (Å²) in [5.41, 5.74) is 0.499. The van der Waals surface area contributed by atoms with Crippen LogP contribution in [-0.4, -0.2) is 15.4 Å². The maximum atomic E-state index is 11.4. The van der Waals surface area contributed by atoms with Gasteiger partial charge in [-0.3, -0.25) is 4.79 Å². The van der Waals surface area contributed by atoms with Crippen molar-refractivity contribution in [3.8, 4) is 0 Å². The lowest BCUT2D eigenvalue weighted by atomic mass is 10.1. The molecule has 0 radical (unpaired) electrons. The highest BCUT2D eigenvalue weighted by Gasteiger charge is 2.26. The van der Waals surface area contributed by atoms with Gasteiger partial charge in [0.25, 0.3) is 0 Å². The number of alkyl halides is 1. The van der Waals surface area contributed by atoms with E-state index in [-0.39, 0.29) is 5.78 Å². The lowest BCUT2D eigenvalue weighted by Crippen LogP contribution is -2.27. The van der Waals surface area contributed by atoms with E-state index in [1.54, 1.807) is 24.3 Å². The van der Waals surface area contributed by atoms with Crippen LogP contribution in [0.1, 0.15) is 17.3 Å². The molecule has 0 amide bonds. The molecule has 0 bridgehead atoms. The van der Waals surface area contributed by atoms with Crippen molar-refractivity contribution >= 4 is 21.7 Å². The number of benzene rings is 1. The Morgan fingerprint density at radius 3 is 2.33 bits per heavy atom. The van der Waals surface area contributed by atoms with Crippen LogP contribution in [0, 0.1) is 0 Å². The summed E-state index contributed by atoms with van der Waals surface area (Å²) in [6.07, 6.45) is 0. The fraction of sp³-hybridized carbons (Fsp3) is 0.222. The van der Waals surface area contributed by atoms with E-state index >= 15 is 0 Å². The molecule has 0 aliphatic carbocycles. The van der Waals surface area contributed by atoms with E-state index in [1.165, 1.54) is 6.92 Å². The van der Waals surface area contributed by atoms with Gasteiger partial charge in [-0.05, 0) is 22.9 Å². The van der Waals surface area contributed by atoms with Crippen LogP contribution in [-0.2, 0) is 0 Å². The van der Waals surface area contributed by atoms with Crippen LogP contribution in [0.15, 0.2) is 30.3 Å². The molecule has 64 valence electrons. The molecule has 0 spiro atoms. The van der Waals surface area contributed by atoms with Crippen LogP contribution in [0.2, 0.25) is 0 Å². The highest BCUT2D eigenvalue weighted by atomic mass is 79.9. The highest BCUT2D eigenvalue weighted by Crippen LogP contribution is 2.18. The third-order valence-corrected chi connectivity index (χ3v) is 1.81. The number of rotatable bonds is 2. The molecule has 0 fully saturated rings. The molecule has 0 aliphatic heterocycles. The van der Waals surface area contributed by atoms with E-state index in [9.17, 15) is 9.90 Å². The van der Waals surface area contributed by atoms with E-state index in [1.807, 2.05) is 6.07 Å². The quantitative estimate of drug-likeness (QED) is 0.621. The molecule has 2 nitrogen and oxygen atoms in total. The van der Waals surface area contributed by atoms with Gasteiger partial charge in [0.05, 0.1) is 0 Å². The Morgan fingerprint density at radius 2 is 1.92 bits per heavy atom. The van der Waals surface area contributed by atoms with Gasteiger partial charge in [0.1, 0.15) is 0 Å². The second kappa shape index (κ2) is 3.37. The first kappa shape index (κ1) is 9.42. The number of carbonyl (C=O) groups is 1. The first-order valence-corrected chi connectivity index (χ1v) is 4.32. The van der Waals surface area contributed by atoms with E-state index in [4.69, 9.17) is 0 Å². The van der Waals surface area contributed by atoms with Crippen LogP contribution < -0.4 is 0 Å². The van der Waals surface area contributed by atoms with Crippen LogP contribution in [0.5, 0.6) is 0 Å². The molecular formula is C9H9BrO2. The number of halogens is 1. The smallest absolute Gasteiger partial charge is 0.205 e. The SMILES string of the molecule is CC(O)(Br)C(=O)c1ccccc1. The second-order valence-electron chi connectivity index (χ2n) is 2.65. The molecule has 0 saturated heterocycles. The number of Topliss-reactive ketones (excluding diaryl/α,β-unsaturated/α-hetero) is 1. The monoisotopic (exact) mass is 228 g/mol. The fourth-order valence-corrected chi connectivity index (χ4v) is 1.08. The normalized spacial score (nSPS) is 15.2. The molecule has 0 heterocycles. The first-order valence-electron chi connectivity index (χ1n) is 3.53. The van der Waals surface area contributed by atoms with Gasteiger partial charge < -0.3 is 5.11 Å². The van der Waals surface area contributed by atoms with Gasteiger partial charge in [-0.25, -0.2) is 0 Å². The molecule has 0 saturated carbocycles. The van der Waals surface area contributed by atoms with Gasteiger partial charge in [-0.15, -0.1) is 0 Å². The first-order chi connectivity index (χ1) is 5.52. The molecular weight excluding hydrogens is 220 g/mol. The van der Waals surface area contributed by atoms with Crippen molar-refractivity contribution in [2.75, 3.05) is 0 Å². The van der Waals surface area contributed by atoms with Gasteiger partial charge >= 0.3 is 0 Å². The van der Waals surface area contributed by atoms with Gasteiger partial charge in [-0.1, -0.05) is 30.3 Å². The predicted octanol–water partition coefficient (Wildman–Crippen LogP) is 1.97. The average molecular weight is 229 g/mol. The van der Waals surface area contributed by atoms with Gasteiger partial charge in [0.15, 0.2) is 4.51 Å². The Morgan fingerprint density at radius 1 is 1.42 bits per heavy atom. The number of carbonyl (C=O) groups excluding carboxylic acids is 1. The molecule has 1 atom stereocenters. The van der Waals surface area contributed by atoms with Gasteiger partial charge in [0.2, 0.25) is 5.78 Å². The Balaban J connectivity index is 2.94. The minimum Gasteiger partial charge on any atom is -0.372 e. The van der Waals surface area contributed by atoms with Crippen molar-refractivity contribution in [3.63, 3.8) is 0 Å². The van der Waals surface area contributed by atoms with Gasteiger partial charge in [-0.2, -0.15) is 0 Å². The fourth-order valence-electron chi connectivity index (χ4n) is 0.853. The van der Waals surface area contributed by atoms with Crippen LogP contribution >= 0.6 is 15.9 Å². The van der Waals surface area contributed by atoms with E-state index in [0.29, 0.717) is 5.56 Å². The van der Waals surface area contributed by atoms with Crippen molar-refractivity contribution in [2.24, 2.45) is 0 Å². The largest absolute Gasteiger partial charge is 0.372 e. The van der Waals surface area contributed by atoms with Crippen molar-refractivity contribution in [1.82, 2.24) is 0 Å². The van der Waals surface area contributed by atoms with Crippen LogP contribution in [0.25, 0.3) is 0 Å². The summed E-state index contributed by atoms with van der Waals surface area (Å²) < 4.78 is -1.46. The second-order valence-corrected chi connectivity index (χ2v) is 4.19. The summed E-state index contributed by atoms with van der Waals surface area (Å²) in [4.78, 5) is 11.4. The number of aliphatic hydroxyl groups is 1. The maximum Gasteiger partial charge on any atom is 0.205 e. The van der Waals surface area contributed by atoms with Crippen molar-refractivity contribution in [2.45, 2.75) is 11.4 Å². The van der Waals surface area contributed by atoms with Gasteiger partial charge in [0, 0.05) is 5.56 Å². The summed E-state index contributed by atoms with van der Waals surface area (Å²) in [6, 6.07) is 8.66. The van der Waals surface area contributed by atoms with E-state index in [0.717, 1.165) is 0 Å². The zero-order chi connectivity index (χ0) is 9.19. The van der Waals surface area contributed by atoms with Crippen molar-refractivity contribution in [3.05, 3.63) is 35.9 Å². The molecule has 1 N–H and O–H groups in total. The molecule has 1 aromatic carbocycles. The molecule has 3 heteroatoms. The minimum absolute atomic E-state index is 0.330. The number of hydrogen-bond donors (Lipinski definition) is 1. The van der Waals surface area contributed by atoms with Crippen molar-refractivity contribution < 1.29 is 9.90 Å².